The van der Waals surface area contributed by atoms with E-state index < -0.39 is 17.4 Å². The van der Waals surface area contributed by atoms with Crippen molar-refractivity contribution in [3.8, 4) is 0 Å². The number of hydrogen-bond donors (Lipinski definition) is 0. The number of nitrogens with zero attached hydrogens (tertiary/aromatic N) is 1. The molecule has 2 nitrogen and oxygen atoms in total. The van der Waals surface area contributed by atoms with Crippen LogP contribution in [0.2, 0.25) is 0 Å². The standard InChI is InChI=1S/C10H14F3NO/c1-9(10(11,12)13)5-4-7(8(9)15)6-14(2)3/h6H,4-5H2,1-3H3/b7-6-/t9-/m0/s1. The van der Waals surface area contributed by atoms with Crippen LogP contribution in [0.5, 0.6) is 0 Å². The van der Waals surface area contributed by atoms with Gasteiger partial charge in [0.2, 0.25) is 0 Å². The van der Waals surface area contributed by atoms with Gasteiger partial charge in [0.1, 0.15) is 5.41 Å². The van der Waals surface area contributed by atoms with Crippen molar-refractivity contribution in [2.75, 3.05) is 14.1 Å². The average Bonchev–Trinajstić information content (AvgIpc) is 2.32. The number of halogens is 3. The molecule has 0 amide bonds. The first-order valence-electron chi connectivity index (χ1n) is 4.67. The van der Waals surface area contributed by atoms with E-state index in [0.717, 1.165) is 6.92 Å². The van der Waals surface area contributed by atoms with Crippen LogP contribution in [0.3, 0.4) is 0 Å². The maximum absolute atomic E-state index is 12.6. The lowest BCUT2D eigenvalue weighted by molar-refractivity contribution is -0.211. The monoisotopic (exact) mass is 221 g/mol. The van der Waals surface area contributed by atoms with E-state index >= 15 is 0 Å². The molecule has 15 heavy (non-hydrogen) atoms. The van der Waals surface area contributed by atoms with E-state index in [1.807, 2.05) is 0 Å². The van der Waals surface area contributed by atoms with Crippen LogP contribution in [-0.2, 0) is 4.79 Å². The summed E-state index contributed by atoms with van der Waals surface area (Å²) >= 11 is 0. The van der Waals surface area contributed by atoms with Crippen LogP contribution >= 0.6 is 0 Å². The minimum absolute atomic E-state index is 0.144. The van der Waals surface area contributed by atoms with Crippen molar-refractivity contribution in [3.05, 3.63) is 11.8 Å². The Kier molecular flexibility index (Phi) is 2.85. The van der Waals surface area contributed by atoms with Gasteiger partial charge in [0.25, 0.3) is 0 Å². The summed E-state index contributed by atoms with van der Waals surface area (Å²) in [5.74, 6) is -0.788. The van der Waals surface area contributed by atoms with Gasteiger partial charge in [-0.25, -0.2) is 0 Å². The molecule has 1 atom stereocenters. The number of carbonyl (C=O) groups excluding carboxylic acids is 1. The predicted octanol–water partition coefficient (Wildman–Crippen LogP) is 2.36. The smallest absolute Gasteiger partial charge is 0.383 e. The topological polar surface area (TPSA) is 20.3 Å². The van der Waals surface area contributed by atoms with Crippen molar-refractivity contribution in [1.29, 1.82) is 0 Å². The van der Waals surface area contributed by atoms with Crippen LogP contribution in [0, 0.1) is 5.41 Å². The summed E-state index contributed by atoms with van der Waals surface area (Å²) in [6.45, 7) is 0.978. The first kappa shape index (κ1) is 12.1. The third kappa shape index (κ3) is 2.01. The summed E-state index contributed by atoms with van der Waals surface area (Å²) < 4.78 is 37.9. The molecule has 0 aromatic heterocycles. The molecule has 1 fully saturated rings. The Morgan fingerprint density at radius 1 is 1.40 bits per heavy atom. The first-order chi connectivity index (χ1) is 6.68. The Morgan fingerprint density at radius 2 is 1.93 bits per heavy atom. The van der Waals surface area contributed by atoms with E-state index in [1.54, 1.807) is 19.0 Å². The molecule has 0 saturated heterocycles. The molecule has 0 aromatic carbocycles. The molecule has 1 aliphatic carbocycles. The maximum atomic E-state index is 12.6. The summed E-state index contributed by atoms with van der Waals surface area (Å²) in [7, 11) is 3.37. The zero-order valence-electron chi connectivity index (χ0n) is 8.98. The van der Waals surface area contributed by atoms with Crippen molar-refractivity contribution in [1.82, 2.24) is 4.90 Å². The van der Waals surface area contributed by atoms with Gasteiger partial charge in [0.15, 0.2) is 5.78 Å². The zero-order chi connectivity index (χ0) is 11.9. The Hall–Kier alpha value is -1.00. The molecule has 0 N–H and O–H groups in total. The van der Waals surface area contributed by atoms with Crippen LogP contribution in [0.15, 0.2) is 11.8 Å². The van der Waals surface area contributed by atoms with Gasteiger partial charge in [-0.1, -0.05) is 0 Å². The Balaban J connectivity index is 2.99. The van der Waals surface area contributed by atoms with Gasteiger partial charge < -0.3 is 4.90 Å². The number of Topliss-reactive ketones (excluding diaryl/α,β-unsaturated/α-hetero) is 1. The number of ketones is 1. The second-order valence-electron chi connectivity index (χ2n) is 4.28. The van der Waals surface area contributed by atoms with Gasteiger partial charge >= 0.3 is 6.18 Å². The molecule has 1 rings (SSSR count). The molecule has 0 spiro atoms. The van der Waals surface area contributed by atoms with Gasteiger partial charge in [0, 0.05) is 25.9 Å². The molecule has 0 radical (unpaired) electrons. The van der Waals surface area contributed by atoms with E-state index in [9.17, 15) is 18.0 Å². The summed E-state index contributed by atoms with van der Waals surface area (Å²) in [5, 5.41) is 0. The molecule has 5 heteroatoms. The number of alkyl halides is 3. The van der Waals surface area contributed by atoms with Crippen molar-refractivity contribution in [3.63, 3.8) is 0 Å². The van der Waals surface area contributed by atoms with Gasteiger partial charge in [-0.05, 0) is 19.8 Å². The second-order valence-corrected chi connectivity index (χ2v) is 4.28. The Bertz CT molecular complexity index is 306. The van der Waals surface area contributed by atoms with Crippen LogP contribution in [0.4, 0.5) is 13.2 Å². The molecule has 0 aliphatic heterocycles. The van der Waals surface area contributed by atoms with Crippen LogP contribution in [-0.4, -0.2) is 31.0 Å². The molecule has 1 saturated carbocycles. The van der Waals surface area contributed by atoms with Gasteiger partial charge in [0.05, 0.1) is 0 Å². The molecule has 86 valence electrons. The molecule has 1 aliphatic rings. The lowest BCUT2D eigenvalue weighted by atomic mass is 9.86. The highest BCUT2D eigenvalue weighted by Crippen LogP contribution is 2.49. The van der Waals surface area contributed by atoms with Crippen LogP contribution < -0.4 is 0 Å². The normalized spacial score (nSPS) is 30.0. The van der Waals surface area contributed by atoms with E-state index in [0.29, 0.717) is 0 Å². The van der Waals surface area contributed by atoms with E-state index in [-0.39, 0.29) is 18.4 Å². The van der Waals surface area contributed by atoms with Gasteiger partial charge in [-0.15, -0.1) is 0 Å². The van der Waals surface area contributed by atoms with Crippen LogP contribution in [0.1, 0.15) is 19.8 Å². The van der Waals surface area contributed by atoms with E-state index in [4.69, 9.17) is 0 Å². The number of carbonyl (C=O) groups is 1. The zero-order valence-corrected chi connectivity index (χ0v) is 8.98. The third-order valence-electron chi connectivity index (χ3n) is 2.73. The molecule has 0 heterocycles. The number of rotatable bonds is 1. The lowest BCUT2D eigenvalue weighted by Crippen LogP contribution is -2.39. The minimum Gasteiger partial charge on any atom is -0.383 e. The highest BCUT2D eigenvalue weighted by Gasteiger charge is 2.59. The fourth-order valence-corrected chi connectivity index (χ4v) is 1.67. The summed E-state index contributed by atoms with van der Waals surface area (Å²) in [5.41, 5.74) is -1.92. The molecule has 0 bridgehead atoms. The highest BCUT2D eigenvalue weighted by atomic mass is 19.4. The Morgan fingerprint density at radius 3 is 2.27 bits per heavy atom. The SMILES string of the molecule is CN(C)/C=C1/CC[C@](C)(C(F)(F)F)C1=O. The van der Waals surface area contributed by atoms with E-state index in [2.05, 4.69) is 0 Å². The van der Waals surface area contributed by atoms with Gasteiger partial charge in [-0.2, -0.15) is 13.2 Å². The largest absolute Gasteiger partial charge is 0.401 e. The van der Waals surface area contributed by atoms with Crippen LogP contribution in [0.25, 0.3) is 0 Å². The fraction of sp³-hybridized carbons (Fsp3) is 0.700. The summed E-state index contributed by atoms with van der Waals surface area (Å²) in [6, 6.07) is 0. The molecular weight excluding hydrogens is 207 g/mol. The average molecular weight is 221 g/mol. The quantitative estimate of drug-likeness (QED) is 0.633. The van der Waals surface area contributed by atoms with E-state index in [1.165, 1.54) is 6.20 Å². The lowest BCUT2D eigenvalue weighted by Gasteiger charge is -2.24. The molecule has 0 unspecified atom stereocenters. The maximum Gasteiger partial charge on any atom is 0.401 e. The fourth-order valence-electron chi connectivity index (χ4n) is 1.67. The van der Waals surface area contributed by atoms with Crippen molar-refractivity contribution in [2.45, 2.75) is 25.9 Å². The summed E-state index contributed by atoms with van der Waals surface area (Å²) in [6.07, 6.45) is -2.92. The Labute approximate surface area is 86.7 Å². The number of hydrogen-bond acceptors (Lipinski definition) is 2. The van der Waals surface area contributed by atoms with Gasteiger partial charge in [-0.3, -0.25) is 4.79 Å². The first-order valence-corrected chi connectivity index (χ1v) is 4.67. The second kappa shape index (κ2) is 3.54. The minimum atomic E-state index is -4.45. The predicted molar refractivity (Wildman–Crippen MR) is 50.2 cm³/mol. The van der Waals surface area contributed by atoms with Crippen molar-refractivity contribution in [2.24, 2.45) is 5.41 Å². The third-order valence-corrected chi connectivity index (χ3v) is 2.73. The van der Waals surface area contributed by atoms with Crippen molar-refractivity contribution < 1.29 is 18.0 Å². The highest BCUT2D eigenvalue weighted by molar-refractivity contribution is 6.02. The summed E-state index contributed by atoms with van der Waals surface area (Å²) in [4.78, 5) is 13.2. The molecular formula is C10H14F3NO. The molecule has 0 aromatic rings. The number of allylic oxidation sites excluding steroid dienone is 1. The van der Waals surface area contributed by atoms with Crippen molar-refractivity contribution >= 4 is 5.78 Å².